The van der Waals surface area contributed by atoms with E-state index >= 15 is 0 Å². The molecule has 2 rings (SSSR count). The van der Waals surface area contributed by atoms with E-state index in [1.807, 2.05) is 5.38 Å². The fourth-order valence-corrected chi connectivity index (χ4v) is 3.54. The van der Waals surface area contributed by atoms with Gasteiger partial charge in [-0.15, -0.1) is 11.3 Å². The Kier molecular flexibility index (Phi) is 4.89. The number of hydrogen-bond donors (Lipinski definition) is 0. The molecule has 3 nitrogen and oxygen atoms in total. The number of carbonyl (C=O) groups excluding carboxylic acids is 1. The molecule has 0 spiro atoms. The van der Waals surface area contributed by atoms with Gasteiger partial charge >= 0.3 is 0 Å². The molecule has 0 bridgehead atoms. The highest BCUT2D eigenvalue weighted by molar-refractivity contribution is 7.09. The lowest BCUT2D eigenvalue weighted by Crippen LogP contribution is -2.35. The van der Waals surface area contributed by atoms with Gasteiger partial charge in [0.2, 0.25) is 0 Å². The number of nitrogens with zero attached hydrogens (tertiary/aromatic N) is 2. The van der Waals surface area contributed by atoms with E-state index < -0.39 is 0 Å². The van der Waals surface area contributed by atoms with Crippen LogP contribution in [0.3, 0.4) is 0 Å². The van der Waals surface area contributed by atoms with Crippen LogP contribution >= 0.6 is 11.3 Å². The van der Waals surface area contributed by atoms with Crippen LogP contribution in [-0.2, 0) is 17.6 Å². The average Bonchev–Trinajstić information content (AvgIpc) is 2.76. The smallest absolute Gasteiger partial charge is 0.135 e. The molecule has 1 saturated heterocycles. The summed E-state index contributed by atoms with van der Waals surface area (Å²) in [6, 6.07) is 0. The highest BCUT2D eigenvalue weighted by Gasteiger charge is 2.20. The molecule has 0 N–H and O–H groups in total. The molecule has 1 atom stereocenters. The van der Waals surface area contributed by atoms with E-state index in [9.17, 15) is 4.79 Å². The lowest BCUT2D eigenvalue weighted by atomic mass is 9.95. The number of Topliss-reactive ketones (excluding diaryl/α,β-unsaturated/α-hetero) is 1. The van der Waals surface area contributed by atoms with E-state index in [4.69, 9.17) is 0 Å². The maximum Gasteiger partial charge on any atom is 0.135 e. The average molecular weight is 266 g/mol. The summed E-state index contributed by atoms with van der Waals surface area (Å²) in [6.07, 6.45) is 4.20. The molecule has 0 radical (unpaired) electrons. The van der Waals surface area contributed by atoms with Gasteiger partial charge in [0.25, 0.3) is 0 Å². The first-order valence-electron chi connectivity index (χ1n) is 6.82. The first kappa shape index (κ1) is 13.7. The maximum atomic E-state index is 11.1. The number of likely N-dealkylation sites (tertiary alicyclic amines) is 1. The van der Waals surface area contributed by atoms with Crippen molar-refractivity contribution in [2.75, 3.05) is 19.6 Å². The van der Waals surface area contributed by atoms with Crippen LogP contribution in [0, 0.1) is 5.92 Å². The van der Waals surface area contributed by atoms with Gasteiger partial charge in [-0.2, -0.15) is 0 Å². The largest absolute Gasteiger partial charge is 0.303 e. The molecule has 1 aromatic rings. The van der Waals surface area contributed by atoms with Crippen LogP contribution in [0.15, 0.2) is 5.38 Å². The molecule has 4 heteroatoms. The summed E-state index contributed by atoms with van der Waals surface area (Å²) in [5.74, 6) is 0.941. The zero-order chi connectivity index (χ0) is 13.0. The van der Waals surface area contributed by atoms with Crippen LogP contribution in [0.4, 0.5) is 0 Å². The number of aromatic nitrogens is 1. The third-order valence-corrected chi connectivity index (χ3v) is 4.46. The predicted molar refractivity (Wildman–Crippen MR) is 75.0 cm³/mol. The molecule has 1 unspecified atom stereocenters. The van der Waals surface area contributed by atoms with Gasteiger partial charge in [0.1, 0.15) is 5.78 Å². The summed E-state index contributed by atoms with van der Waals surface area (Å²) in [6.45, 7) is 7.47. The first-order chi connectivity index (χ1) is 8.67. The van der Waals surface area contributed by atoms with E-state index in [1.165, 1.54) is 30.9 Å². The van der Waals surface area contributed by atoms with Gasteiger partial charge in [0, 0.05) is 24.8 Å². The molecular formula is C14H22N2OS. The van der Waals surface area contributed by atoms with Crippen molar-refractivity contribution in [3.8, 4) is 0 Å². The van der Waals surface area contributed by atoms with Gasteiger partial charge in [-0.3, -0.25) is 4.79 Å². The molecule has 1 aromatic heterocycles. The van der Waals surface area contributed by atoms with Crippen molar-refractivity contribution >= 4 is 17.1 Å². The second-order valence-corrected chi connectivity index (χ2v) is 6.16. The van der Waals surface area contributed by atoms with Gasteiger partial charge < -0.3 is 4.90 Å². The Morgan fingerprint density at radius 2 is 2.44 bits per heavy atom. The normalized spacial score (nSPS) is 21.1. The summed E-state index contributed by atoms with van der Waals surface area (Å²) in [4.78, 5) is 18.2. The highest BCUT2D eigenvalue weighted by atomic mass is 32.1. The fraction of sp³-hybridized carbons (Fsp3) is 0.714. The van der Waals surface area contributed by atoms with E-state index in [0.29, 0.717) is 6.42 Å². The Labute approximate surface area is 113 Å². The fourth-order valence-electron chi connectivity index (χ4n) is 2.63. The van der Waals surface area contributed by atoms with Crippen molar-refractivity contribution in [1.82, 2.24) is 9.88 Å². The summed E-state index contributed by atoms with van der Waals surface area (Å²) in [5.41, 5.74) is 0.950. The number of rotatable bonds is 5. The van der Waals surface area contributed by atoms with E-state index in [-0.39, 0.29) is 5.78 Å². The van der Waals surface area contributed by atoms with Crippen LogP contribution in [0.5, 0.6) is 0 Å². The Morgan fingerprint density at radius 3 is 3.17 bits per heavy atom. The quantitative estimate of drug-likeness (QED) is 0.821. The minimum absolute atomic E-state index is 0.196. The zero-order valence-corrected chi connectivity index (χ0v) is 12.1. The van der Waals surface area contributed by atoms with Crippen molar-refractivity contribution in [3.05, 3.63) is 16.1 Å². The summed E-state index contributed by atoms with van der Waals surface area (Å²) in [7, 11) is 0. The predicted octanol–water partition coefficient (Wildman–Crippen LogP) is 2.55. The SMILES string of the molecule is CCN1CCCC(Cc2nc(CC(C)=O)cs2)C1. The van der Waals surface area contributed by atoms with Crippen molar-refractivity contribution in [1.29, 1.82) is 0 Å². The molecule has 0 aliphatic carbocycles. The number of hydrogen-bond acceptors (Lipinski definition) is 4. The highest BCUT2D eigenvalue weighted by Crippen LogP contribution is 2.22. The van der Waals surface area contributed by atoms with Crippen molar-refractivity contribution in [2.45, 2.75) is 39.5 Å². The molecule has 0 amide bonds. The summed E-state index contributed by atoms with van der Waals surface area (Å²) < 4.78 is 0. The standard InChI is InChI=1S/C14H22N2OS/c1-3-16-6-4-5-12(9-16)8-14-15-13(10-18-14)7-11(2)17/h10,12H,3-9H2,1-2H3. The van der Waals surface area contributed by atoms with Crippen molar-refractivity contribution in [3.63, 3.8) is 0 Å². The zero-order valence-electron chi connectivity index (χ0n) is 11.3. The topological polar surface area (TPSA) is 33.2 Å². The molecule has 0 aromatic carbocycles. The van der Waals surface area contributed by atoms with Gasteiger partial charge in [-0.05, 0) is 38.8 Å². The second-order valence-electron chi connectivity index (χ2n) is 5.22. The Hall–Kier alpha value is -0.740. The lowest BCUT2D eigenvalue weighted by Gasteiger charge is -2.31. The lowest BCUT2D eigenvalue weighted by molar-refractivity contribution is -0.116. The van der Waals surface area contributed by atoms with E-state index in [1.54, 1.807) is 18.3 Å². The van der Waals surface area contributed by atoms with Crippen LogP contribution in [0.2, 0.25) is 0 Å². The van der Waals surface area contributed by atoms with Crippen molar-refractivity contribution < 1.29 is 4.79 Å². The third-order valence-electron chi connectivity index (χ3n) is 3.54. The van der Waals surface area contributed by atoms with Crippen LogP contribution in [0.1, 0.15) is 37.4 Å². The minimum Gasteiger partial charge on any atom is -0.303 e. The van der Waals surface area contributed by atoms with E-state index in [0.717, 1.165) is 24.6 Å². The Bertz CT molecular complexity index is 402. The van der Waals surface area contributed by atoms with Crippen LogP contribution in [0.25, 0.3) is 0 Å². The molecule has 2 heterocycles. The van der Waals surface area contributed by atoms with Crippen molar-refractivity contribution in [2.24, 2.45) is 5.92 Å². The molecule has 1 aliphatic heterocycles. The Morgan fingerprint density at radius 1 is 1.61 bits per heavy atom. The minimum atomic E-state index is 0.196. The van der Waals surface area contributed by atoms with E-state index in [2.05, 4.69) is 16.8 Å². The summed E-state index contributed by atoms with van der Waals surface area (Å²) in [5, 5.41) is 3.24. The van der Waals surface area contributed by atoms with Gasteiger partial charge in [-0.25, -0.2) is 4.98 Å². The molecule has 1 fully saturated rings. The molecule has 100 valence electrons. The van der Waals surface area contributed by atoms with Crippen LogP contribution in [-0.4, -0.2) is 35.3 Å². The molecular weight excluding hydrogens is 244 g/mol. The van der Waals surface area contributed by atoms with Gasteiger partial charge in [0.05, 0.1) is 10.7 Å². The monoisotopic (exact) mass is 266 g/mol. The number of piperidine rings is 1. The number of ketones is 1. The maximum absolute atomic E-state index is 11.1. The summed E-state index contributed by atoms with van der Waals surface area (Å²) >= 11 is 1.71. The second kappa shape index (κ2) is 6.43. The number of thiazole rings is 1. The Balaban J connectivity index is 1.88. The molecule has 18 heavy (non-hydrogen) atoms. The first-order valence-corrected chi connectivity index (χ1v) is 7.70. The van der Waals surface area contributed by atoms with Gasteiger partial charge in [0.15, 0.2) is 0 Å². The van der Waals surface area contributed by atoms with Crippen LogP contribution < -0.4 is 0 Å². The third kappa shape index (κ3) is 3.89. The molecule has 1 aliphatic rings. The molecule has 0 saturated carbocycles. The number of carbonyl (C=O) groups is 1. The van der Waals surface area contributed by atoms with Gasteiger partial charge in [-0.1, -0.05) is 6.92 Å².